The molecule has 0 radical (unpaired) electrons. The van der Waals surface area contributed by atoms with Gasteiger partial charge in [0.25, 0.3) is 0 Å². The third-order valence-electron chi connectivity index (χ3n) is 4.09. The van der Waals surface area contributed by atoms with Crippen molar-refractivity contribution in [2.45, 2.75) is 54.8 Å². The highest BCUT2D eigenvalue weighted by atomic mass is 16.7. The molecule has 2 fully saturated rings. The molecule has 2 saturated heterocycles. The first-order valence-electron chi connectivity index (χ1n) is 7.04. The van der Waals surface area contributed by atoms with Crippen LogP contribution in [0.2, 0.25) is 0 Å². The Morgan fingerprint density at radius 2 is 1.48 bits per heavy atom. The molecule has 8 N–H and O–H groups in total. The highest BCUT2D eigenvalue weighted by molar-refractivity contribution is 4.97. The lowest BCUT2D eigenvalue weighted by atomic mass is 9.99. The van der Waals surface area contributed by atoms with Crippen LogP contribution in [0.5, 0.6) is 0 Å². The third-order valence-corrected chi connectivity index (χ3v) is 4.09. The van der Waals surface area contributed by atoms with Crippen molar-refractivity contribution in [2.24, 2.45) is 0 Å². The van der Waals surface area contributed by atoms with Crippen molar-refractivity contribution >= 4 is 0 Å². The second kappa shape index (κ2) is 7.21. The number of hydrogen-bond donors (Lipinski definition) is 8. The SMILES string of the molecule is OC[C@H]1O[C@](CO)(OC[C@H]2OC(O)[C@H](O)[C@@H](O)[C@@H]2O)[C@@H](O)[C@@H]1O. The average molecular weight is 342 g/mol. The summed E-state index contributed by atoms with van der Waals surface area (Å²) in [5.74, 6) is -2.07. The van der Waals surface area contributed by atoms with Gasteiger partial charge >= 0.3 is 0 Å². The van der Waals surface area contributed by atoms with Gasteiger partial charge < -0.3 is 55.1 Å². The zero-order valence-corrected chi connectivity index (χ0v) is 12.0. The molecule has 0 spiro atoms. The number of rotatable bonds is 5. The quantitative estimate of drug-likeness (QED) is 0.238. The Bertz CT molecular complexity index is 395. The summed E-state index contributed by atoms with van der Waals surface area (Å²) in [4.78, 5) is 0. The first-order chi connectivity index (χ1) is 10.8. The molecule has 0 aromatic carbocycles. The molecule has 11 heteroatoms. The molecule has 2 heterocycles. The predicted molar refractivity (Wildman–Crippen MR) is 68.6 cm³/mol. The van der Waals surface area contributed by atoms with Gasteiger partial charge in [0.15, 0.2) is 6.29 Å². The molecule has 0 saturated carbocycles. The maximum atomic E-state index is 9.94. The number of hydrogen-bond acceptors (Lipinski definition) is 11. The van der Waals surface area contributed by atoms with Crippen LogP contribution in [-0.4, -0.2) is 115 Å². The summed E-state index contributed by atoms with van der Waals surface area (Å²) in [6, 6.07) is 0. The van der Waals surface area contributed by atoms with Crippen molar-refractivity contribution in [1.29, 1.82) is 0 Å². The fourth-order valence-corrected chi connectivity index (χ4v) is 2.59. The van der Waals surface area contributed by atoms with Crippen LogP contribution in [0.1, 0.15) is 0 Å². The van der Waals surface area contributed by atoms with Crippen molar-refractivity contribution in [3.8, 4) is 0 Å². The van der Waals surface area contributed by atoms with Crippen molar-refractivity contribution < 1.29 is 55.1 Å². The molecule has 0 aromatic heterocycles. The summed E-state index contributed by atoms with van der Waals surface area (Å²) in [6.07, 6.45) is -12.5. The zero-order chi connectivity index (χ0) is 17.4. The molecule has 0 aliphatic carbocycles. The van der Waals surface area contributed by atoms with E-state index in [0.717, 1.165) is 0 Å². The Morgan fingerprint density at radius 1 is 0.826 bits per heavy atom. The van der Waals surface area contributed by atoms with Gasteiger partial charge in [-0.15, -0.1) is 0 Å². The monoisotopic (exact) mass is 342 g/mol. The highest BCUT2D eigenvalue weighted by Crippen LogP contribution is 2.33. The molecular weight excluding hydrogens is 320 g/mol. The summed E-state index contributed by atoms with van der Waals surface area (Å²) in [5.41, 5.74) is 0. The van der Waals surface area contributed by atoms with Gasteiger partial charge in [-0.3, -0.25) is 0 Å². The van der Waals surface area contributed by atoms with Crippen LogP contribution in [0.25, 0.3) is 0 Å². The summed E-state index contributed by atoms with van der Waals surface area (Å²) < 4.78 is 15.2. The Kier molecular flexibility index (Phi) is 5.92. The molecule has 0 amide bonds. The van der Waals surface area contributed by atoms with Crippen LogP contribution in [0, 0.1) is 0 Å². The minimum atomic E-state index is -2.07. The highest BCUT2D eigenvalue weighted by Gasteiger charge is 2.56. The topological polar surface area (TPSA) is 190 Å². The Balaban J connectivity index is 2.03. The Hall–Kier alpha value is -0.440. The summed E-state index contributed by atoms with van der Waals surface area (Å²) in [6.45, 7) is -2.06. The second-order valence-corrected chi connectivity index (χ2v) is 5.59. The summed E-state index contributed by atoms with van der Waals surface area (Å²) >= 11 is 0. The van der Waals surface area contributed by atoms with E-state index in [1.54, 1.807) is 0 Å². The number of aliphatic hydroxyl groups excluding tert-OH is 8. The van der Waals surface area contributed by atoms with Gasteiger partial charge in [0.1, 0.15) is 49.3 Å². The van der Waals surface area contributed by atoms with Gasteiger partial charge in [0.2, 0.25) is 5.79 Å². The molecule has 1 unspecified atom stereocenters. The van der Waals surface area contributed by atoms with Gasteiger partial charge in [-0.05, 0) is 0 Å². The molecular formula is C12H22O11. The van der Waals surface area contributed by atoms with Crippen molar-refractivity contribution in [1.82, 2.24) is 0 Å². The largest absolute Gasteiger partial charge is 0.394 e. The van der Waals surface area contributed by atoms with Gasteiger partial charge in [-0.1, -0.05) is 0 Å². The molecule has 23 heavy (non-hydrogen) atoms. The third kappa shape index (κ3) is 3.36. The fourth-order valence-electron chi connectivity index (χ4n) is 2.59. The van der Waals surface area contributed by atoms with E-state index in [4.69, 9.17) is 19.3 Å². The van der Waals surface area contributed by atoms with E-state index in [1.165, 1.54) is 0 Å². The molecule has 2 rings (SSSR count). The van der Waals surface area contributed by atoms with Crippen LogP contribution in [0.15, 0.2) is 0 Å². The van der Waals surface area contributed by atoms with E-state index < -0.39 is 74.6 Å². The van der Waals surface area contributed by atoms with E-state index in [9.17, 15) is 35.7 Å². The lowest BCUT2D eigenvalue weighted by molar-refractivity contribution is -0.321. The summed E-state index contributed by atoms with van der Waals surface area (Å²) in [5, 5.41) is 76.3. The van der Waals surface area contributed by atoms with Gasteiger partial charge in [-0.2, -0.15) is 0 Å². The van der Waals surface area contributed by atoms with Crippen molar-refractivity contribution in [2.75, 3.05) is 19.8 Å². The molecule has 11 nitrogen and oxygen atoms in total. The maximum Gasteiger partial charge on any atom is 0.221 e. The first-order valence-corrected chi connectivity index (χ1v) is 7.04. The molecule has 0 aromatic rings. The predicted octanol–water partition coefficient (Wildman–Crippen LogP) is -5.40. The van der Waals surface area contributed by atoms with E-state index in [1.807, 2.05) is 0 Å². The average Bonchev–Trinajstić information content (AvgIpc) is 2.80. The number of ether oxygens (including phenoxy) is 3. The van der Waals surface area contributed by atoms with Crippen molar-refractivity contribution in [3.63, 3.8) is 0 Å². The van der Waals surface area contributed by atoms with Gasteiger partial charge in [0, 0.05) is 0 Å². The van der Waals surface area contributed by atoms with E-state index in [2.05, 4.69) is 0 Å². The lowest BCUT2D eigenvalue weighted by Crippen LogP contribution is -2.60. The standard InChI is InChI=1S/C12H22O11/c13-1-4-7(16)10(19)12(3-14,23-4)21-2-5-6(15)8(17)9(18)11(20)22-5/h4-11,13-20H,1-3H2/t4-,5-,6-,7-,8+,9-,10+,11?,12+/m1/s1. The molecule has 0 bridgehead atoms. The Labute approximate surface area is 130 Å². The summed E-state index contributed by atoms with van der Waals surface area (Å²) in [7, 11) is 0. The van der Waals surface area contributed by atoms with E-state index in [0.29, 0.717) is 0 Å². The van der Waals surface area contributed by atoms with Crippen LogP contribution >= 0.6 is 0 Å². The minimum Gasteiger partial charge on any atom is -0.394 e. The van der Waals surface area contributed by atoms with Crippen LogP contribution < -0.4 is 0 Å². The normalized spacial score (nSPS) is 51.1. The molecule has 136 valence electrons. The maximum absolute atomic E-state index is 9.94. The molecule has 2 aliphatic heterocycles. The Morgan fingerprint density at radius 3 is 2.00 bits per heavy atom. The first kappa shape index (κ1) is 18.9. The van der Waals surface area contributed by atoms with E-state index >= 15 is 0 Å². The minimum absolute atomic E-state index is 0.551. The van der Waals surface area contributed by atoms with Gasteiger partial charge in [0.05, 0.1) is 13.2 Å². The lowest BCUT2D eigenvalue weighted by Gasteiger charge is -2.39. The molecule has 9 atom stereocenters. The fraction of sp³-hybridized carbons (Fsp3) is 1.00. The van der Waals surface area contributed by atoms with Gasteiger partial charge in [-0.25, -0.2) is 0 Å². The number of aliphatic hydroxyl groups is 8. The van der Waals surface area contributed by atoms with Crippen molar-refractivity contribution in [3.05, 3.63) is 0 Å². The smallest absolute Gasteiger partial charge is 0.221 e. The van der Waals surface area contributed by atoms with Crippen LogP contribution in [-0.2, 0) is 14.2 Å². The molecule has 2 aliphatic rings. The van der Waals surface area contributed by atoms with Crippen LogP contribution in [0.4, 0.5) is 0 Å². The van der Waals surface area contributed by atoms with Crippen LogP contribution in [0.3, 0.4) is 0 Å². The van der Waals surface area contributed by atoms with E-state index in [-0.39, 0.29) is 0 Å². The zero-order valence-electron chi connectivity index (χ0n) is 12.0. The second-order valence-electron chi connectivity index (χ2n) is 5.59.